The summed E-state index contributed by atoms with van der Waals surface area (Å²) in [4.78, 5) is 16.0. The van der Waals surface area contributed by atoms with E-state index in [-0.39, 0.29) is 5.91 Å². The maximum atomic E-state index is 11.4. The first-order valence-electron chi connectivity index (χ1n) is 8.85. The number of likely N-dealkylation sites (N-methyl/N-ethyl adjacent to an activating group) is 2. The summed E-state index contributed by atoms with van der Waals surface area (Å²) in [7, 11) is 3.81. The van der Waals surface area contributed by atoms with Crippen molar-refractivity contribution in [3.05, 3.63) is 29.8 Å². The number of piperidine rings is 1. The predicted octanol–water partition coefficient (Wildman–Crippen LogP) is 1.33. The van der Waals surface area contributed by atoms with E-state index in [4.69, 9.17) is 10.00 Å². The fourth-order valence-corrected chi connectivity index (χ4v) is 3.09. The van der Waals surface area contributed by atoms with Crippen LogP contribution in [-0.4, -0.2) is 69.1 Å². The number of likely N-dealkylation sites (tertiary alicyclic amines) is 1. The Labute approximate surface area is 150 Å². The first-order valence-corrected chi connectivity index (χ1v) is 8.85. The van der Waals surface area contributed by atoms with Gasteiger partial charge < -0.3 is 15.0 Å². The second-order valence-electron chi connectivity index (χ2n) is 6.64. The number of nitrogens with one attached hydrogen (secondary N) is 1. The van der Waals surface area contributed by atoms with Gasteiger partial charge in [0.2, 0.25) is 5.91 Å². The van der Waals surface area contributed by atoms with Gasteiger partial charge in [-0.15, -0.1) is 0 Å². The molecule has 0 spiro atoms. The molecule has 2 rings (SSSR count). The van der Waals surface area contributed by atoms with Gasteiger partial charge in [-0.2, -0.15) is 5.26 Å². The average molecular weight is 344 g/mol. The first kappa shape index (κ1) is 19.2. The van der Waals surface area contributed by atoms with E-state index in [1.54, 1.807) is 19.2 Å². The summed E-state index contributed by atoms with van der Waals surface area (Å²) < 4.78 is 5.73. The lowest BCUT2D eigenvalue weighted by Crippen LogP contribution is -2.42. The van der Waals surface area contributed by atoms with Crippen molar-refractivity contribution in [2.24, 2.45) is 5.92 Å². The maximum Gasteiger partial charge on any atom is 0.233 e. The van der Waals surface area contributed by atoms with E-state index in [2.05, 4.69) is 28.2 Å². The third-order valence-electron chi connectivity index (χ3n) is 4.65. The molecule has 6 heteroatoms. The van der Waals surface area contributed by atoms with E-state index in [9.17, 15) is 4.79 Å². The van der Waals surface area contributed by atoms with Gasteiger partial charge in [-0.05, 0) is 63.2 Å². The Morgan fingerprint density at radius 3 is 2.64 bits per heavy atom. The second kappa shape index (κ2) is 10.0. The van der Waals surface area contributed by atoms with Gasteiger partial charge in [-0.25, -0.2) is 0 Å². The zero-order chi connectivity index (χ0) is 18.1. The SMILES string of the molecule is CNC(=O)CN1CCC(CN(C)CCOc2ccc(C#N)cc2)CC1. The summed E-state index contributed by atoms with van der Waals surface area (Å²) in [5.41, 5.74) is 0.646. The van der Waals surface area contributed by atoms with Crippen LogP contribution in [0.5, 0.6) is 5.75 Å². The Morgan fingerprint density at radius 1 is 1.36 bits per heavy atom. The van der Waals surface area contributed by atoms with Crippen LogP contribution >= 0.6 is 0 Å². The molecular weight excluding hydrogens is 316 g/mol. The van der Waals surface area contributed by atoms with Gasteiger partial charge in [0.25, 0.3) is 0 Å². The molecule has 0 aliphatic carbocycles. The van der Waals surface area contributed by atoms with Crippen LogP contribution in [0.1, 0.15) is 18.4 Å². The van der Waals surface area contributed by atoms with Crippen molar-refractivity contribution in [3.8, 4) is 11.8 Å². The number of nitriles is 1. The highest BCUT2D eigenvalue weighted by atomic mass is 16.5. The highest BCUT2D eigenvalue weighted by Gasteiger charge is 2.21. The van der Waals surface area contributed by atoms with Gasteiger partial charge in [0, 0.05) is 20.1 Å². The fraction of sp³-hybridized carbons (Fsp3) is 0.579. The lowest BCUT2D eigenvalue weighted by molar-refractivity contribution is -0.122. The summed E-state index contributed by atoms with van der Waals surface area (Å²) >= 11 is 0. The van der Waals surface area contributed by atoms with E-state index in [1.165, 1.54) is 0 Å². The number of ether oxygens (including phenoxy) is 1. The molecular formula is C19H28N4O2. The Balaban J connectivity index is 1.61. The molecule has 1 aromatic rings. The lowest BCUT2D eigenvalue weighted by Gasteiger charge is -2.33. The van der Waals surface area contributed by atoms with Gasteiger partial charge in [0.05, 0.1) is 18.2 Å². The Bertz CT molecular complexity index is 574. The molecule has 1 amide bonds. The van der Waals surface area contributed by atoms with Crippen LogP contribution in [-0.2, 0) is 4.79 Å². The van der Waals surface area contributed by atoms with E-state index >= 15 is 0 Å². The van der Waals surface area contributed by atoms with Crippen LogP contribution in [0.25, 0.3) is 0 Å². The molecule has 0 saturated carbocycles. The van der Waals surface area contributed by atoms with Crippen LogP contribution in [0.4, 0.5) is 0 Å². The second-order valence-corrected chi connectivity index (χ2v) is 6.64. The van der Waals surface area contributed by atoms with Gasteiger partial charge in [0.1, 0.15) is 12.4 Å². The molecule has 1 aliphatic heterocycles. The van der Waals surface area contributed by atoms with Gasteiger partial charge in [-0.3, -0.25) is 9.69 Å². The summed E-state index contributed by atoms with van der Waals surface area (Å²) in [5, 5.41) is 11.5. The summed E-state index contributed by atoms with van der Waals surface area (Å²) in [6.45, 7) is 5.07. The third-order valence-corrected chi connectivity index (χ3v) is 4.65. The molecule has 1 N–H and O–H groups in total. The van der Waals surface area contributed by atoms with Crippen LogP contribution in [0.2, 0.25) is 0 Å². The quantitative estimate of drug-likeness (QED) is 0.770. The molecule has 0 unspecified atom stereocenters. The molecule has 1 aromatic carbocycles. The molecule has 0 radical (unpaired) electrons. The topological polar surface area (TPSA) is 68.6 Å². The zero-order valence-corrected chi connectivity index (χ0v) is 15.2. The monoisotopic (exact) mass is 344 g/mol. The highest BCUT2D eigenvalue weighted by molar-refractivity contribution is 5.77. The predicted molar refractivity (Wildman–Crippen MR) is 97.4 cm³/mol. The summed E-state index contributed by atoms with van der Waals surface area (Å²) in [6.07, 6.45) is 2.27. The number of hydrogen-bond acceptors (Lipinski definition) is 5. The number of nitrogens with zero attached hydrogens (tertiary/aromatic N) is 3. The van der Waals surface area contributed by atoms with Crippen LogP contribution in [0.3, 0.4) is 0 Å². The Hall–Kier alpha value is -2.10. The fourth-order valence-electron chi connectivity index (χ4n) is 3.09. The highest BCUT2D eigenvalue weighted by Crippen LogP contribution is 2.18. The first-order chi connectivity index (χ1) is 12.1. The molecule has 1 fully saturated rings. The molecule has 1 aliphatic rings. The normalized spacial score (nSPS) is 15.8. The van der Waals surface area contributed by atoms with Gasteiger partial charge >= 0.3 is 0 Å². The number of carbonyl (C=O) groups excluding carboxylic acids is 1. The van der Waals surface area contributed by atoms with E-state index in [0.717, 1.165) is 44.8 Å². The maximum absolute atomic E-state index is 11.4. The molecule has 1 saturated heterocycles. The number of rotatable bonds is 8. The molecule has 0 atom stereocenters. The minimum Gasteiger partial charge on any atom is -0.492 e. The van der Waals surface area contributed by atoms with Crippen molar-refractivity contribution in [2.75, 3.05) is 53.4 Å². The number of amides is 1. The molecule has 1 heterocycles. The molecule has 0 bridgehead atoms. The van der Waals surface area contributed by atoms with Crippen molar-refractivity contribution in [3.63, 3.8) is 0 Å². The van der Waals surface area contributed by atoms with Crippen molar-refractivity contribution >= 4 is 5.91 Å². The van der Waals surface area contributed by atoms with Gasteiger partial charge in [0.15, 0.2) is 0 Å². The van der Waals surface area contributed by atoms with Crippen LogP contribution < -0.4 is 10.1 Å². The van der Waals surface area contributed by atoms with Crippen molar-refractivity contribution in [1.82, 2.24) is 15.1 Å². The van der Waals surface area contributed by atoms with Crippen LogP contribution in [0.15, 0.2) is 24.3 Å². The Kier molecular flexibility index (Phi) is 7.71. The summed E-state index contributed by atoms with van der Waals surface area (Å²) in [5.74, 6) is 1.58. The minimum absolute atomic E-state index is 0.0931. The smallest absolute Gasteiger partial charge is 0.233 e. The van der Waals surface area contributed by atoms with Crippen LogP contribution in [0, 0.1) is 17.2 Å². The van der Waals surface area contributed by atoms with E-state index < -0.39 is 0 Å². The van der Waals surface area contributed by atoms with Gasteiger partial charge in [-0.1, -0.05) is 0 Å². The summed E-state index contributed by atoms with van der Waals surface area (Å²) in [6, 6.07) is 9.31. The number of benzene rings is 1. The Morgan fingerprint density at radius 2 is 2.04 bits per heavy atom. The van der Waals surface area contributed by atoms with E-state index in [1.807, 2.05) is 12.1 Å². The molecule has 136 valence electrons. The van der Waals surface area contributed by atoms with Crippen molar-refractivity contribution in [1.29, 1.82) is 5.26 Å². The van der Waals surface area contributed by atoms with Crippen molar-refractivity contribution in [2.45, 2.75) is 12.8 Å². The average Bonchev–Trinajstić information content (AvgIpc) is 2.64. The van der Waals surface area contributed by atoms with Crippen molar-refractivity contribution < 1.29 is 9.53 Å². The third kappa shape index (κ3) is 6.73. The molecule has 6 nitrogen and oxygen atoms in total. The minimum atomic E-state index is 0.0931. The van der Waals surface area contributed by atoms with E-state index in [0.29, 0.717) is 24.6 Å². The molecule has 25 heavy (non-hydrogen) atoms. The number of hydrogen-bond donors (Lipinski definition) is 1. The zero-order valence-electron chi connectivity index (χ0n) is 15.2. The lowest BCUT2D eigenvalue weighted by atomic mass is 9.96. The number of carbonyl (C=O) groups is 1. The molecule has 0 aromatic heterocycles. The largest absolute Gasteiger partial charge is 0.492 e. The standard InChI is InChI=1S/C19H28N4O2/c1-21-19(24)15-23-9-7-17(8-10-23)14-22(2)11-12-25-18-5-3-16(13-20)4-6-18/h3-6,17H,7-12,14-15H2,1-2H3,(H,21,24).